The second kappa shape index (κ2) is 7.83. The van der Waals surface area contributed by atoms with Crippen LogP contribution in [0.15, 0.2) is 53.6 Å². The second-order valence-electron chi connectivity index (χ2n) is 4.40. The van der Waals surface area contributed by atoms with Crippen molar-refractivity contribution in [3.8, 4) is 11.5 Å². The summed E-state index contributed by atoms with van der Waals surface area (Å²) in [6.07, 6.45) is 1.56. The molecule has 0 heterocycles. The number of rotatable bonds is 6. The molecule has 0 aliphatic heterocycles. The van der Waals surface area contributed by atoms with E-state index in [0.29, 0.717) is 17.9 Å². The standard InChI is InChI=1S/C17H18N2O3/c1-3-22-16-10-5-4-7-14(16)12-18-19-17(20)13-8-6-9-15(11-13)21-2/h4-12H,3H2,1-2H3,(H,19,20). The molecule has 0 saturated carbocycles. The largest absolute Gasteiger partial charge is 0.497 e. The number of nitrogens with zero attached hydrogens (tertiary/aromatic N) is 1. The maximum Gasteiger partial charge on any atom is 0.271 e. The van der Waals surface area contributed by atoms with Gasteiger partial charge in [-0.2, -0.15) is 5.10 Å². The third kappa shape index (κ3) is 4.09. The molecule has 0 radical (unpaired) electrons. The molecular formula is C17H18N2O3. The Balaban J connectivity index is 2.04. The third-order valence-electron chi connectivity index (χ3n) is 2.92. The van der Waals surface area contributed by atoms with Crippen LogP contribution in [0.4, 0.5) is 0 Å². The van der Waals surface area contributed by atoms with E-state index in [0.717, 1.165) is 11.3 Å². The zero-order chi connectivity index (χ0) is 15.8. The molecule has 0 spiro atoms. The zero-order valence-electron chi connectivity index (χ0n) is 12.6. The lowest BCUT2D eigenvalue weighted by atomic mass is 10.2. The highest BCUT2D eigenvalue weighted by Gasteiger charge is 2.05. The Hall–Kier alpha value is -2.82. The Kier molecular flexibility index (Phi) is 5.54. The lowest BCUT2D eigenvalue weighted by Gasteiger charge is -2.06. The van der Waals surface area contributed by atoms with Crippen LogP contribution in [0.1, 0.15) is 22.8 Å². The van der Waals surface area contributed by atoms with Crippen molar-refractivity contribution >= 4 is 12.1 Å². The molecule has 0 bridgehead atoms. The van der Waals surface area contributed by atoms with Gasteiger partial charge in [0.05, 0.1) is 19.9 Å². The summed E-state index contributed by atoms with van der Waals surface area (Å²) in [5.41, 5.74) is 3.77. The number of carbonyl (C=O) groups is 1. The Labute approximate surface area is 129 Å². The monoisotopic (exact) mass is 298 g/mol. The predicted molar refractivity (Wildman–Crippen MR) is 85.7 cm³/mol. The van der Waals surface area contributed by atoms with Gasteiger partial charge < -0.3 is 9.47 Å². The van der Waals surface area contributed by atoms with Gasteiger partial charge in [-0.3, -0.25) is 4.79 Å². The van der Waals surface area contributed by atoms with Crippen molar-refractivity contribution in [2.24, 2.45) is 5.10 Å². The van der Waals surface area contributed by atoms with Crippen molar-refractivity contribution in [3.05, 3.63) is 59.7 Å². The molecule has 5 heteroatoms. The molecule has 22 heavy (non-hydrogen) atoms. The van der Waals surface area contributed by atoms with Crippen LogP contribution in [0.25, 0.3) is 0 Å². The van der Waals surface area contributed by atoms with E-state index < -0.39 is 0 Å². The molecule has 0 aliphatic carbocycles. The average Bonchev–Trinajstić information content (AvgIpc) is 2.56. The number of ether oxygens (including phenoxy) is 2. The molecule has 2 aromatic rings. The second-order valence-corrected chi connectivity index (χ2v) is 4.40. The molecule has 5 nitrogen and oxygen atoms in total. The molecule has 1 amide bonds. The average molecular weight is 298 g/mol. The van der Waals surface area contributed by atoms with Crippen LogP contribution in [0.3, 0.4) is 0 Å². The van der Waals surface area contributed by atoms with E-state index in [1.165, 1.54) is 0 Å². The van der Waals surface area contributed by atoms with Gasteiger partial charge in [-0.1, -0.05) is 18.2 Å². The normalized spacial score (nSPS) is 10.5. The van der Waals surface area contributed by atoms with Crippen LogP contribution >= 0.6 is 0 Å². The molecule has 0 unspecified atom stereocenters. The maximum absolute atomic E-state index is 12.0. The number of hydrogen-bond acceptors (Lipinski definition) is 4. The SMILES string of the molecule is CCOc1ccccc1C=NNC(=O)c1cccc(OC)c1. The summed E-state index contributed by atoms with van der Waals surface area (Å²) in [5.74, 6) is 1.05. The van der Waals surface area contributed by atoms with Crippen LogP contribution in [-0.2, 0) is 0 Å². The number of nitrogens with one attached hydrogen (secondary N) is 1. The first-order valence-electron chi connectivity index (χ1n) is 6.94. The Morgan fingerprint density at radius 3 is 2.82 bits per heavy atom. The summed E-state index contributed by atoms with van der Waals surface area (Å²) in [7, 11) is 1.56. The minimum absolute atomic E-state index is 0.302. The molecular weight excluding hydrogens is 280 g/mol. The van der Waals surface area contributed by atoms with E-state index in [1.54, 1.807) is 37.6 Å². The molecule has 114 valence electrons. The summed E-state index contributed by atoms with van der Waals surface area (Å²) >= 11 is 0. The van der Waals surface area contributed by atoms with Crippen LogP contribution in [0.2, 0.25) is 0 Å². The molecule has 0 aromatic heterocycles. The number of methoxy groups -OCH3 is 1. The van der Waals surface area contributed by atoms with Gasteiger partial charge in [-0.15, -0.1) is 0 Å². The molecule has 2 rings (SSSR count). The van der Waals surface area contributed by atoms with Gasteiger partial charge in [-0.25, -0.2) is 5.43 Å². The topological polar surface area (TPSA) is 59.9 Å². The first-order valence-corrected chi connectivity index (χ1v) is 6.94. The number of carbonyl (C=O) groups excluding carboxylic acids is 1. The Morgan fingerprint density at radius 2 is 2.05 bits per heavy atom. The highest BCUT2D eigenvalue weighted by molar-refractivity contribution is 5.95. The van der Waals surface area contributed by atoms with Crippen molar-refractivity contribution in [1.82, 2.24) is 5.43 Å². The van der Waals surface area contributed by atoms with Gasteiger partial charge in [0, 0.05) is 11.1 Å². The van der Waals surface area contributed by atoms with E-state index in [9.17, 15) is 4.79 Å². The maximum atomic E-state index is 12.0. The highest BCUT2D eigenvalue weighted by Crippen LogP contribution is 2.15. The predicted octanol–water partition coefficient (Wildman–Crippen LogP) is 2.86. The molecule has 0 aliphatic rings. The summed E-state index contributed by atoms with van der Waals surface area (Å²) in [4.78, 5) is 12.0. The van der Waals surface area contributed by atoms with Gasteiger partial charge in [0.15, 0.2) is 0 Å². The van der Waals surface area contributed by atoms with Gasteiger partial charge >= 0.3 is 0 Å². The molecule has 1 N–H and O–H groups in total. The Morgan fingerprint density at radius 1 is 1.23 bits per heavy atom. The minimum Gasteiger partial charge on any atom is -0.497 e. The van der Waals surface area contributed by atoms with Crippen molar-refractivity contribution in [2.45, 2.75) is 6.92 Å². The van der Waals surface area contributed by atoms with E-state index in [1.807, 2.05) is 31.2 Å². The van der Waals surface area contributed by atoms with Crippen LogP contribution in [0.5, 0.6) is 11.5 Å². The summed E-state index contributed by atoms with van der Waals surface area (Å²) < 4.78 is 10.6. The lowest BCUT2D eigenvalue weighted by molar-refractivity contribution is 0.0955. The number of hydrazone groups is 1. The van der Waals surface area contributed by atoms with Gasteiger partial charge in [0.25, 0.3) is 5.91 Å². The third-order valence-corrected chi connectivity index (χ3v) is 2.92. The van der Waals surface area contributed by atoms with Crippen molar-refractivity contribution in [2.75, 3.05) is 13.7 Å². The van der Waals surface area contributed by atoms with E-state index in [2.05, 4.69) is 10.5 Å². The Bertz CT molecular complexity index is 668. The zero-order valence-corrected chi connectivity index (χ0v) is 12.6. The number of benzene rings is 2. The number of para-hydroxylation sites is 1. The fourth-order valence-corrected chi connectivity index (χ4v) is 1.86. The summed E-state index contributed by atoms with van der Waals surface area (Å²) in [5, 5.41) is 3.97. The molecule has 2 aromatic carbocycles. The van der Waals surface area contributed by atoms with Crippen LogP contribution < -0.4 is 14.9 Å². The summed E-state index contributed by atoms with van der Waals surface area (Å²) in [6.45, 7) is 2.49. The first kappa shape index (κ1) is 15.6. The van der Waals surface area contributed by atoms with E-state index in [4.69, 9.17) is 9.47 Å². The fraction of sp³-hybridized carbons (Fsp3) is 0.176. The molecule has 0 saturated heterocycles. The van der Waals surface area contributed by atoms with Gasteiger partial charge in [0.1, 0.15) is 11.5 Å². The number of amides is 1. The lowest BCUT2D eigenvalue weighted by Crippen LogP contribution is -2.17. The quantitative estimate of drug-likeness (QED) is 0.659. The summed E-state index contributed by atoms with van der Waals surface area (Å²) in [6, 6.07) is 14.4. The fourth-order valence-electron chi connectivity index (χ4n) is 1.86. The smallest absolute Gasteiger partial charge is 0.271 e. The van der Waals surface area contributed by atoms with Gasteiger partial charge in [0.2, 0.25) is 0 Å². The number of hydrogen-bond donors (Lipinski definition) is 1. The molecule has 0 atom stereocenters. The van der Waals surface area contributed by atoms with Crippen molar-refractivity contribution in [1.29, 1.82) is 0 Å². The van der Waals surface area contributed by atoms with Gasteiger partial charge in [-0.05, 0) is 37.3 Å². The van der Waals surface area contributed by atoms with Crippen LogP contribution in [-0.4, -0.2) is 25.8 Å². The van der Waals surface area contributed by atoms with E-state index in [-0.39, 0.29) is 5.91 Å². The molecule has 0 fully saturated rings. The van der Waals surface area contributed by atoms with Crippen LogP contribution in [0, 0.1) is 0 Å². The van der Waals surface area contributed by atoms with Crippen molar-refractivity contribution < 1.29 is 14.3 Å². The minimum atomic E-state index is -0.302. The van der Waals surface area contributed by atoms with Crippen molar-refractivity contribution in [3.63, 3.8) is 0 Å². The van der Waals surface area contributed by atoms with E-state index >= 15 is 0 Å². The first-order chi connectivity index (χ1) is 10.7. The highest BCUT2D eigenvalue weighted by atomic mass is 16.5.